The highest BCUT2D eigenvalue weighted by molar-refractivity contribution is 7.18. The van der Waals surface area contributed by atoms with Crippen LogP contribution in [0.2, 0.25) is 0 Å². The monoisotopic (exact) mass is 355 g/mol. The summed E-state index contributed by atoms with van der Waals surface area (Å²) in [6.07, 6.45) is 3.37. The van der Waals surface area contributed by atoms with E-state index in [1.807, 2.05) is 37.3 Å². The van der Waals surface area contributed by atoms with Gasteiger partial charge in [0, 0.05) is 17.3 Å². The molecule has 0 saturated carbocycles. The number of aryl methyl sites for hydroxylation is 1. The average Bonchev–Trinajstić information content (AvgIpc) is 3.22. The molecule has 0 atom stereocenters. The van der Waals surface area contributed by atoms with E-state index in [4.69, 9.17) is 4.74 Å². The Kier molecular flexibility index (Phi) is 4.95. The van der Waals surface area contributed by atoms with Crippen molar-refractivity contribution < 1.29 is 14.3 Å². The number of methoxy groups -OCH3 is 1. The maximum absolute atomic E-state index is 12.3. The summed E-state index contributed by atoms with van der Waals surface area (Å²) in [5.41, 5.74) is 1.43. The third-order valence-electron chi connectivity index (χ3n) is 3.67. The molecular formula is C18H17N3O3S. The van der Waals surface area contributed by atoms with Gasteiger partial charge >= 0.3 is 5.97 Å². The highest BCUT2D eigenvalue weighted by atomic mass is 32.1. The van der Waals surface area contributed by atoms with Crippen molar-refractivity contribution in [1.82, 2.24) is 9.55 Å². The highest BCUT2D eigenvalue weighted by Gasteiger charge is 2.19. The minimum absolute atomic E-state index is 0.128. The second kappa shape index (κ2) is 7.31. The van der Waals surface area contributed by atoms with Gasteiger partial charge in [-0.3, -0.25) is 4.79 Å². The summed E-state index contributed by atoms with van der Waals surface area (Å²) in [5.74, 6) is 0.0450. The van der Waals surface area contributed by atoms with Gasteiger partial charge in [-0.25, -0.2) is 9.78 Å². The molecule has 3 aromatic rings. The number of nitrogens with one attached hydrogen (secondary N) is 1. The van der Waals surface area contributed by atoms with Crippen LogP contribution < -0.4 is 5.32 Å². The largest absolute Gasteiger partial charge is 0.465 e. The number of carbonyl (C=O) groups excluding carboxylic acids is 2. The number of ether oxygens (including phenoxy) is 1. The summed E-state index contributed by atoms with van der Waals surface area (Å²) >= 11 is 1.29. The lowest BCUT2D eigenvalue weighted by Crippen LogP contribution is -2.20. The van der Waals surface area contributed by atoms with Crippen LogP contribution in [0.4, 0.5) is 5.69 Å². The number of hydrogen-bond donors (Lipinski definition) is 1. The molecule has 0 aliphatic rings. The van der Waals surface area contributed by atoms with E-state index < -0.39 is 5.97 Å². The highest BCUT2D eigenvalue weighted by Crippen LogP contribution is 2.35. The molecule has 0 aliphatic heterocycles. The van der Waals surface area contributed by atoms with Crippen LogP contribution in [0.5, 0.6) is 0 Å². The van der Waals surface area contributed by atoms with Crippen LogP contribution in [0.1, 0.15) is 15.5 Å². The molecule has 1 amide bonds. The summed E-state index contributed by atoms with van der Waals surface area (Å²) in [5, 5.41) is 2.80. The quantitative estimate of drug-likeness (QED) is 0.713. The number of thiophene rings is 1. The number of anilines is 1. The Labute approximate surface area is 149 Å². The fourth-order valence-corrected chi connectivity index (χ4v) is 3.43. The third kappa shape index (κ3) is 3.77. The maximum atomic E-state index is 12.3. The number of rotatable bonds is 5. The molecular weight excluding hydrogens is 338 g/mol. The van der Waals surface area contributed by atoms with Crippen LogP contribution in [0, 0.1) is 6.92 Å². The Morgan fingerprint density at radius 2 is 2.04 bits per heavy atom. The van der Waals surface area contributed by atoms with Gasteiger partial charge in [-0.15, -0.1) is 11.3 Å². The Morgan fingerprint density at radius 1 is 1.28 bits per heavy atom. The molecule has 1 aromatic carbocycles. The smallest absolute Gasteiger partial charge is 0.350 e. The van der Waals surface area contributed by atoms with Crippen molar-refractivity contribution in [3.8, 4) is 10.4 Å². The van der Waals surface area contributed by atoms with Crippen LogP contribution in [0.15, 0.2) is 48.8 Å². The molecule has 128 valence electrons. The molecule has 0 radical (unpaired) electrons. The van der Waals surface area contributed by atoms with E-state index >= 15 is 0 Å². The summed E-state index contributed by atoms with van der Waals surface area (Å²) in [7, 11) is 1.32. The molecule has 3 rings (SSSR count). The van der Waals surface area contributed by atoms with Crippen molar-refractivity contribution in [2.45, 2.75) is 13.5 Å². The second-order valence-corrected chi connectivity index (χ2v) is 6.41. The number of carbonyl (C=O) groups is 2. The minimum Gasteiger partial charge on any atom is -0.465 e. The number of nitrogens with zero attached hydrogens (tertiary/aromatic N) is 2. The van der Waals surface area contributed by atoms with Crippen molar-refractivity contribution in [3.05, 3.63) is 59.5 Å². The Balaban J connectivity index is 1.86. The first-order valence-corrected chi connectivity index (χ1v) is 8.45. The lowest BCUT2D eigenvalue weighted by molar-refractivity contribution is -0.116. The van der Waals surface area contributed by atoms with E-state index in [1.165, 1.54) is 18.4 Å². The van der Waals surface area contributed by atoms with E-state index in [2.05, 4.69) is 10.3 Å². The predicted molar refractivity (Wildman–Crippen MR) is 96.7 cm³/mol. The number of amides is 1. The fourth-order valence-electron chi connectivity index (χ4n) is 2.39. The van der Waals surface area contributed by atoms with Gasteiger partial charge in [-0.05, 0) is 18.6 Å². The van der Waals surface area contributed by atoms with E-state index in [1.54, 1.807) is 23.0 Å². The Morgan fingerprint density at radius 3 is 2.68 bits per heavy atom. The van der Waals surface area contributed by atoms with Gasteiger partial charge in [0.1, 0.15) is 17.2 Å². The molecule has 0 saturated heterocycles. The number of aromatic nitrogens is 2. The SMILES string of the molecule is COC(=O)c1sc(-c2ccccc2)cc1NC(=O)Cn1ccnc1C. The van der Waals surface area contributed by atoms with Gasteiger partial charge in [0.2, 0.25) is 5.91 Å². The van der Waals surface area contributed by atoms with Crippen LogP contribution in [0.3, 0.4) is 0 Å². The van der Waals surface area contributed by atoms with Gasteiger partial charge in [0.25, 0.3) is 0 Å². The van der Waals surface area contributed by atoms with E-state index in [0.29, 0.717) is 10.6 Å². The molecule has 6 nitrogen and oxygen atoms in total. The second-order valence-electron chi connectivity index (χ2n) is 5.36. The van der Waals surface area contributed by atoms with Crippen LogP contribution in [0.25, 0.3) is 10.4 Å². The lowest BCUT2D eigenvalue weighted by Gasteiger charge is -2.07. The van der Waals surface area contributed by atoms with Gasteiger partial charge < -0.3 is 14.6 Å². The summed E-state index contributed by atoms with van der Waals surface area (Å²) in [6, 6.07) is 11.5. The van der Waals surface area contributed by atoms with Gasteiger partial charge in [-0.2, -0.15) is 0 Å². The molecule has 2 aromatic heterocycles. The molecule has 0 fully saturated rings. The summed E-state index contributed by atoms with van der Waals surface area (Å²) < 4.78 is 6.57. The molecule has 0 bridgehead atoms. The number of imidazole rings is 1. The number of hydrogen-bond acceptors (Lipinski definition) is 5. The van der Waals surface area contributed by atoms with Crippen molar-refractivity contribution in [1.29, 1.82) is 0 Å². The first kappa shape index (κ1) is 16.9. The zero-order valence-electron chi connectivity index (χ0n) is 13.9. The van der Waals surface area contributed by atoms with Crippen LogP contribution in [-0.4, -0.2) is 28.5 Å². The van der Waals surface area contributed by atoms with E-state index in [-0.39, 0.29) is 12.5 Å². The van der Waals surface area contributed by atoms with Crippen molar-refractivity contribution in [2.75, 3.05) is 12.4 Å². The van der Waals surface area contributed by atoms with Crippen LogP contribution in [-0.2, 0) is 16.1 Å². The molecule has 1 N–H and O–H groups in total. The topological polar surface area (TPSA) is 73.2 Å². The molecule has 0 aliphatic carbocycles. The number of esters is 1. The minimum atomic E-state index is -0.471. The average molecular weight is 355 g/mol. The third-order valence-corrected chi connectivity index (χ3v) is 4.84. The van der Waals surface area contributed by atoms with E-state index in [9.17, 15) is 9.59 Å². The van der Waals surface area contributed by atoms with Gasteiger partial charge in [-0.1, -0.05) is 30.3 Å². The predicted octanol–water partition coefficient (Wildman–Crippen LogP) is 3.35. The lowest BCUT2D eigenvalue weighted by atomic mass is 10.2. The zero-order chi connectivity index (χ0) is 17.8. The van der Waals surface area contributed by atoms with Gasteiger partial charge in [0.05, 0.1) is 12.8 Å². The standard InChI is InChI=1S/C18H17N3O3S/c1-12-19-8-9-21(12)11-16(22)20-14-10-15(13-6-4-3-5-7-13)25-17(14)18(23)24-2/h3-10H,11H2,1-2H3,(H,20,22). The normalized spacial score (nSPS) is 10.5. The van der Waals surface area contributed by atoms with Gasteiger partial charge in [0.15, 0.2) is 0 Å². The van der Waals surface area contributed by atoms with Crippen LogP contribution >= 0.6 is 11.3 Å². The van der Waals surface area contributed by atoms with Crippen molar-refractivity contribution in [2.24, 2.45) is 0 Å². The first-order chi connectivity index (χ1) is 12.1. The fraction of sp³-hybridized carbons (Fsp3) is 0.167. The first-order valence-electron chi connectivity index (χ1n) is 7.63. The summed E-state index contributed by atoms with van der Waals surface area (Å²) in [6.45, 7) is 1.95. The summed E-state index contributed by atoms with van der Waals surface area (Å²) in [4.78, 5) is 29.7. The zero-order valence-corrected chi connectivity index (χ0v) is 14.7. The number of benzene rings is 1. The molecule has 0 unspecified atom stereocenters. The van der Waals surface area contributed by atoms with Crippen molar-refractivity contribution in [3.63, 3.8) is 0 Å². The van der Waals surface area contributed by atoms with Crippen molar-refractivity contribution >= 4 is 28.9 Å². The molecule has 7 heteroatoms. The Bertz CT molecular complexity index is 899. The maximum Gasteiger partial charge on any atom is 0.350 e. The Hall–Kier alpha value is -2.93. The van der Waals surface area contributed by atoms with E-state index in [0.717, 1.165) is 16.3 Å². The molecule has 25 heavy (non-hydrogen) atoms. The molecule has 2 heterocycles. The molecule has 0 spiro atoms.